The van der Waals surface area contributed by atoms with E-state index in [9.17, 15) is 0 Å². The summed E-state index contributed by atoms with van der Waals surface area (Å²) >= 11 is 0. The van der Waals surface area contributed by atoms with Gasteiger partial charge in [-0.3, -0.25) is 4.98 Å². The van der Waals surface area contributed by atoms with Crippen LogP contribution in [0.15, 0.2) is 12.4 Å². The Hall–Kier alpha value is -1.20. The van der Waals surface area contributed by atoms with E-state index in [0.717, 1.165) is 37.7 Å². The molecule has 1 aromatic heterocycles. The van der Waals surface area contributed by atoms with Crippen LogP contribution in [-0.4, -0.2) is 54.1 Å². The number of aromatic nitrogens is 2. The maximum absolute atomic E-state index is 4.55. The quantitative estimate of drug-likeness (QED) is 0.882. The van der Waals surface area contributed by atoms with Crippen LogP contribution in [0.1, 0.15) is 26.0 Å². The second-order valence-corrected chi connectivity index (χ2v) is 5.55. The molecule has 1 fully saturated rings. The van der Waals surface area contributed by atoms with Gasteiger partial charge in [-0.2, -0.15) is 0 Å². The predicted molar refractivity (Wildman–Crippen MR) is 78.3 cm³/mol. The SMILES string of the molecule is CC(C)NCc1cnc(N2CCCN(C)CC2)cn1. The van der Waals surface area contributed by atoms with Gasteiger partial charge in [-0.15, -0.1) is 0 Å². The van der Waals surface area contributed by atoms with Crippen LogP contribution in [0.5, 0.6) is 0 Å². The number of likely N-dealkylation sites (N-methyl/N-ethyl adjacent to an activating group) is 1. The Bertz CT molecular complexity index is 376. The Morgan fingerprint density at radius 2 is 2.00 bits per heavy atom. The van der Waals surface area contributed by atoms with Crippen molar-refractivity contribution in [3.8, 4) is 0 Å². The van der Waals surface area contributed by atoms with Crippen molar-refractivity contribution >= 4 is 5.82 Å². The highest BCUT2D eigenvalue weighted by molar-refractivity contribution is 5.36. The number of nitrogens with one attached hydrogen (secondary N) is 1. The second kappa shape index (κ2) is 6.82. The van der Waals surface area contributed by atoms with Crippen LogP contribution < -0.4 is 10.2 Å². The van der Waals surface area contributed by atoms with Crippen LogP contribution in [0, 0.1) is 0 Å². The number of hydrogen-bond acceptors (Lipinski definition) is 5. The maximum Gasteiger partial charge on any atom is 0.147 e. The molecule has 5 nitrogen and oxygen atoms in total. The lowest BCUT2D eigenvalue weighted by atomic mass is 10.3. The van der Waals surface area contributed by atoms with E-state index in [0.29, 0.717) is 6.04 Å². The Balaban J connectivity index is 1.93. The standard InChI is InChI=1S/C14H25N5/c1-12(2)15-9-13-10-17-14(11-16-13)19-6-4-5-18(3)7-8-19/h10-12,15H,4-9H2,1-3H3. The molecule has 0 aliphatic carbocycles. The lowest BCUT2D eigenvalue weighted by Gasteiger charge is -2.21. The van der Waals surface area contributed by atoms with Gasteiger partial charge in [0.2, 0.25) is 0 Å². The van der Waals surface area contributed by atoms with Crippen molar-refractivity contribution < 1.29 is 0 Å². The first kappa shape index (κ1) is 14.2. The van der Waals surface area contributed by atoms with Gasteiger partial charge in [0, 0.05) is 32.2 Å². The molecular formula is C14H25N5. The van der Waals surface area contributed by atoms with Gasteiger partial charge in [0.05, 0.1) is 18.1 Å². The minimum atomic E-state index is 0.475. The number of rotatable bonds is 4. The fourth-order valence-corrected chi connectivity index (χ4v) is 2.19. The van der Waals surface area contributed by atoms with Crippen molar-refractivity contribution in [3.05, 3.63) is 18.1 Å². The van der Waals surface area contributed by atoms with Gasteiger partial charge in [-0.05, 0) is 20.0 Å². The summed E-state index contributed by atoms with van der Waals surface area (Å²) in [6.07, 6.45) is 4.98. The van der Waals surface area contributed by atoms with Crippen molar-refractivity contribution in [1.29, 1.82) is 0 Å². The normalized spacial score (nSPS) is 17.8. The van der Waals surface area contributed by atoms with Gasteiger partial charge in [0.15, 0.2) is 0 Å². The Morgan fingerprint density at radius 1 is 1.16 bits per heavy atom. The van der Waals surface area contributed by atoms with Crippen molar-refractivity contribution in [2.24, 2.45) is 0 Å². The number of nitrogens with zero attached hydrogens (tertiary/aromatic N) is 4. The largest absolute Gasteiger partial charge is 0.354 e. The molecule has 1 aromatic rings. The van der Waals surface area contributed by atoms with Crippen LogP contribution in [0.3, 0.4) is 0 Å². The van der Waals surface area contributed by atoms with Gasteiger partial charge >= 0.3 is 0 Å². The molecule has 0 saturated carbocycles. The lowest BCUT2D eigenvalue weighted by molar-refractivity contribution is 0.360. The van der Waals surface area contributed by atoms with Crippen LogP contribution in [0.25, 0.3) is 0 Å². The van der Waals surface area contributed by atoms with E-state index in [4.69, 9.17) is 0 Å². The summed E-state index contributed by atoms with van der Waals surface area (Å²) in [4.78, 5) is 13.7. The number of anilines is 1. The first-order chi connectivity index (χ1) is 9.15. The summed E-state index contributed by atoms with van der Waals surface area (Å²) in [6, 6.07) is 0.475. The Morgan fingerprint density at radius 3 is 2.68 bits per heavy atom. The fraction of sp³-hybridized carbons (Fsp3) is 0.714. The molecule has 1 aliphatic heterocycles. The monoisotopic (exact) mass is 263 g/mol. The van der Waals surface area contributed by atoms with Gasteiger partial charge in [0.25, 0.3) is 0 Å². The lowest BCUT2D eigenvalue weighted by Crippen LogP contribution is -2.29. The van der Waals surface area contributed by atoms with Crippen molar-refractivity contribution in [1.82, 2.24) is 20.2 Å². The van der Waals surface area contributed by atoms with E-state index in [-0.39, 0.29) is 0 Å². The summed E-state index contributed by atoms with van der Waals surface area (Å²) < 4.78 is 0. The minimum Gasteiger partial charge on any atom is -0.354 e. The van der Waals surface area contributed by atoms with Crippen molar-refractivity contribution in [2.75, 3.05) is 38.1 Å². The predicted octanol–water partition coefficient (Wildman–Crippen LogP) is 1.12. The van der Waals surface area contributed by atoms with Gasteiger partial charge in [0.1, 0.15) is 5.82 Å². The average Bonchev–Trinajstić information content (AvgIpc) is 2.62. The second-order valence-electron chi connectivity index (χ2n) is 5.55. The Kier molecular flexibility index (Phi) is 5.10. The van der Waals surface area contributed by atoms with Crippen LogP contribution in [0.2, 0.25) is 0 Å². The van der Waals surface area contributed by atoms with E-state index in [1.54, 1.807) is 0 Å². The molecule has 19 heavy (non-hydrogen) atoms. The first-order valence-electron chi connectivity index (χ1n) is 7.13. The molecule has 0 atom stereocenters. The zero-order chi connectivity index (χ0) is 13.7. The molecule has 1 aliphatic rings. The number of hydrogen-bond donors (Lipinski definition) is 1. The summed E-state index contributed by atoms with van der Waals surface area (Å²) in [6.45, 7) is 9.43. The van der Waals surface area contributed by atoms with Gasteiger partial charge in [-0.25, -0.2) is 4.98 Å². The molecular weight excluding hydrogens is 238 g/mol. The van der Waals surface area contributed by atoms with Crippen LogP contribution in [0.4, 0.5) is 5.82 Å². The van der Waals surface area contributed by atoms with Crippen molar-refractivity contribution in [2.45, 2.75) is 32.9 Å². The van der Waals surface area contributed by atoms with E-state index in [1.165, 1.54) is 13.0 Å². The van der Waals surface area contributed by atoms with Crippen molar-refractivity contribution in [3.63, 3.8) is 0 Å². The van der Waals surface area contributed by atoms with E-state index in [2.05, 4.69) is 46.0 Å². The zero-order valence-corrected chi connectivity index (χ0v) is 12.3. The molecule has 0 spiro atoms. The molecule has 0 amide bonds. The van der Waals surface area contributed by atoms with Gasteiger partial charge < -0.3 is 15.1 Å². The molecule has 0 bridgehead atoms. The summed E-state index contributed by atoms with van der Waals surface area (Å²) in [5.41, 5.74) is 1.00. The van der Waals surface area contributed by atoms with Crippen LogP contribution in [-0.2, 0) is 6.54 Å². The first-order valence-corrected chi connectivity index (χ1v) is 7.13. The molecule has 0 radical (unpaired) electrons. The molecule has 1 saturated heterocycles. The maximum atomic E-state index is 4.55. The summed E-state index contributed by atoms with van der Waals surface area (Å²) in [5, 5.41) is 3.35. The molecule has 2 heterocycles. The van der Waals surface area contributed by atoms with Crippen LogP contribution >= 0.6 is 0 Å². The summed E-state index contributed by atoms with van der Waals surface area (Å²) in [5.74, 6) is 1.00. The van der Waals surface area contributed by atoms with E-state index in [1.807, 2.05) is 12.4 Å². The summed E-state index contributed by atoms with van der Waals surface area (Å²) in [7, 11) is 2.18. The molecule has 0 aromatic carbocycles. The van der Waals surface area contributed by atoms with E-state index >= 15 is 0 Å². The highest BCUT2D eigenvalue weighted by Crippen LogP contribution is 2.12. The smallest absolute Gasteiger partial charge is 0.147 e. The molecule has 106 valence electrons. The topological polar surface area (TPSA) is 44.3 Å². The zero-order valence-electron chi connectivity index (χ0n) is 12.3. The highest BCUT2D eigenvalue weighted by atomic mass is 15.2. The molecule has 0 unspecified atom stereocenters. The third-order valence-electron chi connectivity index (χ3n) is 3.43. The average molecular weight is 263 g/mol. The third-order valence-corrected chi connectivity index (χ3v) is 3.43. The molecule has 2 rings (SSSR count). The molecule has 1 N–H and O–H groups in total. The Labute approximate surface area is 116 Å². The van der Waals surface area contributed by atoms with E-state index < -0.39 is 0 Å². The minimum absolute atomic E-state index is 0.475. The van der Waals surface area contributed by atoms with Gasteiger partial charge in [-0.1, -0.05) is 13.8 Å². The molecule has 5 heteroatoms. The fourth-order valence-electron chi connectivity index (χ4n) is 2.19. The highest BCUT2D eigenvalue weighted by Gasteiger charge is 2.13. The third kappa shape index (κ3) is 4.44.